The molecule has 0 N–H and O–H groups in total. The Kier molecular flexibility index (Phi) is 6.25. The number of ketones is 2. The van der Waals surface area contributed by atoms with Gasteiger partial charge in [0, 0.05) is 22.5 Å². The SMILES string of the molecule is CCN=C1CC=C(Br)C=C(C(=O)/C=C/c2ccc(Cl)cc2)C1=O. The van der Waals surface area contributed by atoms with Gasteiger partial charge in [0.1, 0.15) is 0 Å². The van der Waals surface area contributed by atoms with E-state index >= 15 is 0 Å². The van der Waals surface area contributed by atoms with Gasteiger partial charge in [-0.1, -0.05) is 51.8 Å². The lowest BCUT2D eigenvalue weighted by Gasteiger charge is -2.03. The molecule has 118 valence electrons. The average molecular weight is 393 g/mol. The number of Topliss-reactive ketones (excluding diaryl/α,β-unsaturated/α-hetero) is 1. The van der Waals surface area contributed by atoms with Crippen LogP contribution in [-0.4, -0.2) is 23.8 Å². The second-order valence-electron chi connectivity index (χ2n) is 4.85. The van der Waals surface area contributed by atoms with Crippen molar-refractivity contribution in [3.8, 4) is 0 Å². The molecule has 0 heterocycles. The van der Waals surface area contributed by atoms with Crippen LogP contribution in [0.25, 0.3) is 6.08 Å². The van der Waals surface area contributed by atoms with Crippen molar-refractivity contribution in [3.63, 3.8) is 0 Å². The highest BCUT2D eigenvalue weighted by Crippen LogP contribution is 2.19. The Morgan fingerprint density at radius 3 is 2.70 bits per heavy atom. The fourth-order valence-electron chi connectivity index (χ4n) is 2.05. The Morgan fingerprint density at radius 1 is 1.35 bits per heavy atom. The van der Waals surface area contributed by atoms with E-state index in [-0.39, 0.29) is 17.1 Å². The number of carbonyl (C=O) groups is 2. The zero-order valence-electron chi connectivity index (χ0n) is 12.6. The fraction of sp³-hybridized carbons (Fsp3) is 0.167. The second kappa shape index (κ2) is 8.18. The van der Waals surface area contributed by atoms with E-state index in [1.807, 2.05) is 13.0 Å². The zero-order chi connectivity index (χ0) is 16.8. The van der Waals surface area contributed by atoms with Crippen molar-refractivity contribution >= 4 is 50.9 Å². The van der Waals surface area contributed by atoms with Gasteiger partial charge in [-0.05, 0) is 36.8 Å². The lowest BCUT2D eigenvalue weighted by atomic mass is 10.0. The average Bonchev–Trinajstić information content (AvgIpc) is 2.68. The molecule has 0 aromatic heterocycles. The minimum Gasteiger partial charge on any atom is -0.289 e. The number of hydrogen-bond donors (Lipinski definition) is 0. The third kappa shape index (κ3) is 4.85. The second-order valence-corrected chi connectivity index (χ2v) is 6.20. The van der Waals surface area contributed by atoms with Crippen LogP contribution in [-0.2, 0) is 9.59 Å². The Labute approximate surface area is 148 Å². The molecule has 0 unspecified atom stereocenters. The van der Waals surface area contributed by atoms with Crippen molar-refractivity contribution in [2.75, 3.05) is 6.54 Å². The molecule has 2 rings (SSSR count). The monoisotopic (exact) mass is 391 g/mol. The highest BCUT2D eigenvalue weighted by atomic mass is 79.9. The van der Waals surface area contributed by atoms with Gasteiger partial charge in [-0.15, -0.1) is 0 Å². The van der Waals surface area contributed by atoms with Crippen LogP contribution < -0.4 is 0 Å². The van der Waals surface area contributed by atoms with Crippen molar-refractivity contribution in [3.05, 3.63) is 63.1 Å². The maximum atomic E-state index is 12.5. The summed E-state index contributed by atoms with van der Waals surface area (Å²) < 4.78 is 0.704. The highest BCUT2D eigenvalue weighted by molar-refractivity contribution is 9.11. The van der Waals surface area contributed by atoms with Gasteiger partial charge in [0.2, 0.25) is 5.78 Å². The lowest BCUT2D eigenvalue weighted by molar-refractivity contribution is -0.116. The first-order chi connectivity index (χ1) is 11.0. The van der Waals surface area contributed by atoms with E-state index in [1.165, 1.54) is 6.08 Å². The van der Waals surface area contributed by atoms with Crippen molar-refractivity contribution in [1.29, 1.82) is 0 Å². The number of rotatable bonds is 4. The van der Waals surface area contributed by atoms with E-state index in [9.17, 15) is 9.59 Å². The van der Waals surface area contributed by atoms with Gasteiger partial charge in [0.15, 0.2) is 5.78 Å². The van der Waals surface area contributed by atoms with Gasteiger partial charge in [-0.2, -0.15) is 0 Å². The smallest absolute Gasteiger partial charge is 0.211 e. The molecule has 0 bridgehead atoms. The van der Waals surface area contributed by atoms with Crippen LogP contribution in [0.2, 0.25) is 5.02 Å². The molecule has 1 aliphatic carbocycles. The quantitative estimate of drug-likeness (QED) is 0.557. The number of benzene rings is 1. The first-order valence-electron chi connectivity index (χ1n) is 7.14. The minimum absolute atomic E-state index is 0.114. The van der Waals surface area contributed by atoms with Gasteiger partial charge >= 0.3 is 0 Å². The van der Waals surface area contributed by atoms with Crippen molar-refractivity contribution < 1.29 is 9.59 Å². The molecule has 0 spiro atoms. The molecule has 3 nitrogen and oxygen atoms in total. The summed E-state index contributed by atoms with van der Waals surface area (Å²) in [6.07, 6.45) is 6.85. The Balaban J connectivity index is 2.25. The largest absolute Gasteiger partial charge is 0.289 e. The Hall–Kier alpha value is -1.78. The normalized spacial score (nSPS) is 17.2. The molecular weight excluding hydrogens is 378 g/mol. The van der Waals surface area contributed by atoms with Crippen LogP contribution in [0.1, 0.15) is 18.9 Å². The molecular formula is C18H15BrClNO2. The zero-order valence-corrected chi connectivity index (χ0v) is 14.9. The van der Waals surface area contributed by atoms with Crippen LogP contribution in [0.15, 0.2) is 57.5 Å². The van der Waals surface area contributed by atoms with E-state index in [2.05, 4.69) is 20.9 Å². The molecule has 1 aromatic rings. The molecule has 0 atom stereocenters. The first kappa shape index (κ1) is 17.6. The van der Waals surface area contributed by atoms with Crippen LogP contribution in [0.3, 0.4) is 0 Å². The molecule has 1 aliphatic rings. The van der Waals surface area contributed by atoms with Crippen LogP contribution >= 0.6 is 27.5 Å². The number of nitrogens with zero attached hydrogens (tertiary/aromatic N) is 1. The Morgan fingerprint density at radius 2 is 2.04 bits per heavy atom. The third-order valence-corrected chi connectivity index (χ3v) is 4.00. The maximum absolute atomic E-state index is 12.5. The summed E-state index contributed by atoms with van der Waals surface area (Å²) >= 11 is 9.17. The van der Waals surface area contributed by atoms with E-state index in [0.717, 1.165) is 5.56 Å². The molecule has 0 aliphatic heterocycles. The summed E-state index contributed by atoms with van der Waals surface area (Å²) in [7, 11) is 0. The fourth-order valence-corrected chi connectivity index (χ4v) is 2.57. The molecule has 1 aromatic carbocycles. The third-order valence-electron chi connectivity index (χ3n) is 3.19. The standard InChI is InChI=1S/C18H15BrClNO2/c1-2-21-16-9-6-13(19)11-15(18(16)23)17(22)10-5-12-3-7-14(20)8-4-12/h3-8,10-11H,2,9H2,1H3/b10-5+,21-16?. The molecule has 0 fully saturated rings. The van der Waals surface area contributed by atoms with E-state index in [0.29, 0.717) is 28.2 Å². The molecule has 23 heavy (non-hydrogen) atoms. The highest BCUT2D eigenvalue weighted by Gasteiger charge is 2.23. The predicted molar refractivity (Wildman–Crippen MR) is 98.2 cm³/mol. The number of halogens is 2. The van der Waals surface area contributed by atoms with Crippen LogP contribution in [0, 0.1) is 0 Å². The van der Waals surface area contributed by atoms with E-state index in [1.54, 1.807) is 36.4 Å². The molecule has 0 amide bonds. The summed E-state index contributed by atoms with van der Waals surface area (Å²) in [5.74, 6) is -0.663. The van der Waals surface area contributed by atoms with Crippen LogP contribution in [0.4, 0.5) is 0 Å². The number of carbonyl (C=O) groups excluding carboxylic acids is 2. The summed E-state index contributed by atoms with van der Waals surface area (Å²) in [5, 5.41) is 0.629. The van der Waals surface area contributed by atoms with Crippen LogP contribution in [0.5, 0.6) is 0 Å². The van der Waals surface area contributed by atoms with Gasteiger partial charge < -0.3 is 0 Å². The molecule has 0 radical (unpaired) electrons. The topological polar surface area (TPSA) is 46.5 Å². The summed E-state index contributed by atoms with van der Waals surface area (Å²) in [6.45, 7) is 2.37. The minimum atomic E-state index is -0.346. The molecule has 5 heteroatoms. The lowest BCUT2D eigenvalue weighted by Crippen LogP contribution is -2.20. The predicted octanol–water partition coefficient (Wildman–Crippen LogP) is 4.56. The number of aliphatic imine (C=N–C) groups is 1. The molecule has 0 saturated heterocycles. The maximum Gasteiger partial charge on any atom is 0.211 e. The Bertz CT molecular complexity index is 743. The van der Waals surface area contributed by atoms with E-state index in [4.69, 9.17) is 11.6 Å². The van der Waals surface area contributed by atoms with Crippen molar-refractivity contribution in [2.45, 2.75) is 13.3 Å². The van der Waals surface area contributed by atoms with Crippen molar-refractivity contribution in [1.82, 2.24) is 0 Å². The summed E-state index contributed by atoms with van der Waals surface area (Å²) in [6, 6.07) is 7.09. The number of allylic oxidation sites excluding steroid dienone is 5. The summed E-state index contributed by atoms with van der Waals surface area (Å²) in [4.78, 5) is 29.0. The van der Waals surface area contributed by atoms with E-state index < -0.39 is 0 Å². The van der Waals surface area contributed by atoms with Gasteiger partial charge in [0.05, 0.1) is 11.3 Å². The summed E-state index contributed by atoms with van der Waals surface area (Å²) in [5.41, 5.74) is 1.35. The van der Waals surface area contributed by atoms with Gasteiger partial charge in [0.25, 0.3) is 0 Å². The molecule has 0 saturated carbocycles. The number of hydrogen-bond acceptors (Lipinski definition) is 3. The van der Waals surface area contributed by atoms with Gasteiger partial charge in [-0.25, -0.2) is 0 Å². The van der Waals surface area contributed by atoms with Crippen molar-refractivity contribution in [2.24, 2.45) is 4.99 Å². The first-order valence-corrected chi connectivity index (χ1v) is 8.31. The van der Waals surface area contributed by atoms with Gasteiger partial charge in [-0.3, -0.25) is 14.6 Å².